The molecule has 1 atom stereocenters. The summed E-state index contributed by atoms with van der Waals surface area (Å²) in [5.74, 6) is -0.101. The number of piperidine rings is 1. The lowest BCUT2D eigenvalue weighted by molar-refractivity contribution is -0.131. The lowest BCUT2D eigenvalue weighted by atomic mass is 10.0. The lowest BCUT2D eigenvalue weighted by Gasteiger charge is -2.34. The summed E-state index contributed by atoms with van der Waals surface area (Å²) >= 11 is 0. The fourth-order valence-corrected chi connectivity index (χ4v) is 3.58. The highest BCUT2D eigenvalue weighted by Crippen LogP contribution is 2.33. The molecule has 0 bridgehead atoms. The van der Waals surface area contributed by atoms with Crippen molar-refractivity contribution in [3.63, 3.8) is 0 Å². The molecule has 1 amide bonds. The maximum Gasteiger partial charge on any atom is 0.236 e. The van der Waals surface area contributed by atoms with E-state index in [1.807, 2.05) is 42.7 Å². The minimum atomic E-state index is -0.101. The number of carbonyl (C=O) groups is 1. The highest BCUT2D eigenvalue weighted by molar-refractivity contribution is 5.97. The number of nitrogens with one attached hydrogen (secondary N) is 2. The summed E-state index contributed by atoms with van der Waals surface area (Å²) in [7, 11) is 0. The number of rotatable bonds is 4. The smallest absolute Gasteiger partial charge is 0.236 e. The molecule has 0 radical (unpaired) electrons. The fraction of sp³-hybridized carbons (Fsp3) is 0.300. The second-order valence-corrected chi connectivity index (χ2v) is 6.66. The van der Waals surface area contributed by atoms with Gasteiger partial charge in [0.25, 0.3) is 0 Å². The summed E-state index contributed by atoms with van der Waals surface area (Å²) in [4.78, 5) is 26.0. The first-order valence-electron chi connectivity index (χ1n) is 9.05. The van der Waals surface area contributed by atoms with E-state index in [2.05, 4.69) is 20.3 Å². The van der Waals surface area contributed by atoms with Gasteiger partial charge in [0.2, 0.25) is 5.91 Å². The van der Waals surface area contributed by atoms with Crippen LogP contribution in [0.3, 0.4) is 0 Å². The van der Waals surface area contributed by atoms with Crippen LogP contribution < -0.4 is 5.32 Å². The van der Waals surface area contributed by atoms with Crippen molar-refractivity contribution in [2.75, 3.05) is 18.4 Å². The summed E-state index contributed by atoms with van der Waals surface area (Å²) in [6.45, 7) is 1.30. The van der Waals surface area contributed by atoms with Crippen molar-refractivity contribution in [2.45, 2.75) is 25.3 Å². The number of H-pyrrole nitrogens is 1. The van der Waals surface area contributed by atoms with E-state index in [0.29, 0.717) is 13.1 Å². The van der Waals surface area contributed by atoms with E-state index >= 15 is 0 Å². The highest BCUT2D eigenvalue weighted by atomic mass is 16.2. The molecule has 1 aliphatic rings. The molecule has 1 fully saturated rings. The molecule has 3 aromatic heterocycles. The number of nitrogens with zero attached hydrogens (tertiary/aromatic N) is 4. The van der Waals surface area contributed by atoms with Gasteiger partial charge in [-0.05, 0) is 31.0 Å². The number of hydrogen-bond donors (Lipinski definition) is 2. The van der Waals surface area contributed by atoms with Crippen molar-refractivity contribution in [3.05, 3.63) is 42.9 Å². The van der Waals surface area contributed by atoms with E-state index in [4.69, 9.17) is 5.26 Å². The third-order valence-electron chi connectivity index (χ3n) is 4.88. The maximum atomic E-state index is 12.1. The first-order valence-corrected chi connectivity index (χ1v) is 9.05. The minimum absolute atomic E-state index is 0.0663. The number of likely N-dealkylation sites (tertiary alicyclic amines) is 1. The molecule has 7 heteroatoms. The predicted octanol–water partition coefficient (Wildman–Crippen LogP) is 2.94. The Balaban J connectivity index is 1.66. The van der Waals surface area contributed by atoms with Crippen molar-refractivity contribution in [3.8, 4) is 17.3 Å². The summed E-state index contributed by atoms with van der Waals surface area (Å²) in [6.07, 6.45) is 7.27. The largest absolute Gasteiger partial charge is 0.379 e. The molecule has 1 saturated heterocycles. The molecular formula is C20H20N6O. The van der Waals surface area contributed by atoms with Crippen LogP contribution in [0.2, 0.25) is 0 Å². The van der Waals surface area contributed by atoms with Crippen LogP contribution in [0, 0.1) is 11.3 Å². The van der Waals surface area contributed by atoms with Gasteiger partial charge in [-0.1, -0.05) is 6.07 Å². The number of aromatic nitrogens is 3. The Morgan fingerprint density at radius 3 is 3.11 bits per heavy atom. The maximum absolute atomic E-state index is 12.1. The first-order chi connectivity index (χ1) is 13.3. The van der Waals surface area contributed by atoms with Crippen molar-refractivity contribution < 1.29 is 4.79 Å². The molecule has 0 aromatic carbocycles. The molecule has 0 saturated carbocycles. The van der Waals surface area contributed by atoms with E-state index < -0.39 is 0 Å². The molecule has 7 nitrogen and oxygen atoms in total. The Labute approximate surface area is 157 Å². The Kier molecular flexibility index (Phi) is 4.71. The minimum Gasteiger partial charge on any atom is -0.379 e. The van der Waals surface area contributed by atoms with Crippen LogP contribution in [-0.2, 0) is 4.79 Å². The number of carbonyl (C=O) groups excluding carboxylic acids is 1. The summed E-state index contributed by atoms with van der Waals surface area (Å²) in [5, 5.41) is 13.4. The van der Waals surface area contributed by atoms with Crippen LogP contribution in [0.5, 0.6) is 0 Å². The van der Waals surface area contributed by atoms with Crippen LogP contribution in [0.15, 0.2) is 42.9 Å². The molecule has 136 valence electrons. The van der Waals surface area contributed by atoms with Gasteiger partial charge in [-0.25, -0.2) is 4.98 Å². The van der Waals surface area contributed by atoms with Crippen molar-refractivity contribution in [1.29, 1.82) is 5.26 Å². The van der Waals surface area contributed by atoms with Crippen LogP contribution in [0.4, 0.5) is 5.69 Å². The molecule has 4 rings (SSSR count). The fourth-order valence-electron chi connectivity index (χ4n) is 3.58. The molecule has 27 heavy (non-hydrogen) atoms. The van der Waals surface area contributed by atoms with E-state index in [-0.39, 0.29) is 18.4 Å². The molecule has 2 N–H and O–H groups in total. The van der Waals surface area contributed by atoms with Gasteiger partial charge in [0.15, 0.2) is 0 Å². The number of fused-ring (bicyclic) bond motifs is 1. The SMILES string of the molecule is N#CCC(=O)N1CCC[C@@H](Nc2c(-c3ccccn3)cnc3[nH]ccc23)C1. The van der Waals surface area contributed by atoms with Crippen LogP contribution >= 0.6 is 0 Å². The van der Waals surface area contributed by atoms with Gasteiger partial charge in [0, 0.05) is 48.7 Å². The van der Waals surface area contributed by atoms with Gasteiger partial charge in [-0.3, -0.25) is 9.78 Å². The number of anilines is 1. The zero-order valence-corrected chi connectivity index (χ0v) is 14.9. The zero-order chi connectivity index (χ0) is 18.6. The Hall–Kier alpha value is -3.40. The van der Waals surface area contributed by atoms with Crippen LogP contribution in [-0.4, -0.2) is 44.9 Å². The number of pyridine rings is 2. The summed E-state index contributed by atoms with van der Waals surface area (Å²) in [6, 6.07) is 9.87. The molecule has 1 aliphatic heterocycles. The summed E-state index contributed by atoms with van der Waals surface area (Å²) < 4.78 is 0. The standard InChI is InChI=1S/C20H20N6O/c21-8-6-18(27)26-11-3-4-14(13-26)25-19-15-7-10-23-20(15)24-12-16(19)17-5-1-2-9-22-17/h1-2,5,7,9-10,12,14H,3-4,6,11,13H2,(H2,23,24,25)/t14-/m1/s1. The van der Waals surface area contributed by atoms with Crippen molar-refractivity contribution >= 4 is 22.6 Å². The zero-order valence-electron chi connectivity index (χ0n) is 14.9. The summed E-state index contributed by atoms with van der Waals surface area (Å²) in [5.41, 5.74) is 3.57. The van der Waals surface area contributed by atoms with E-state index in [1.54, 1.807) is 11.1 Å². The average molecular weight is 360 g/mol. The predicted molar refractivity (Wildman–Crippen MR) is 103 cm³/mol. The molecule has 0 aliphatic carbocycles. The number of aromatic amines is 1. The van der Waals surface area contributed by atoms with Gasteiger partial charge >= 0.3 is 0 Å². The quantitative estimate of drug-likeness (QED) is 0.745. The lowest BCUT2D eigenvalue weighted by Crippen LogP contribution is -2.45. The molecule has 0 unspecified atom stereocenters. The van der Waals surface area contributed by atoms with Gasteiger partial charge in [-0.2, -0.15) is 5.26 Å². The molecule has 4 heterocycles. The first kappa shape index (κ1) is 17.0. The van der Waals surface area contributed by atoms with Gasteiger partial charge in [0.05, 0.1) is 17.5 Å². The van der Waals surface area contributed by atoms with Gasteiger partial charge < -0.3 is 15.2 Å². The normalized spacial score (nSPS) is 16.9. The highest BCUT2D eigenvalue weighted by Gasteiger charge is 2.25. The van der Waals surface area contributed by atoms with E-state index in [1.165, 1.54) is 0 Å². The van der Waals surface area contributed by atoms with E-state index in [0.717, 1.165) is 40.8 Å². The average Bonchev–Trinajstić information content (AvgIpc) is 3.19. The number of hydrogen-bond acceptors (Lipinski definition) is 5. The third-order valence-corrected chi connectivity index (χ3v) is 4.88. The Morgan fingerprint density at radius 1 is 1.37 bits per heavy atom. The van der Waals surface area contributed by atoms with Crippen molar-refractivity contribution in [1.82, 2.24) is 19.9 Å². The van der Waals surface area contributed by atoms with Crippen LogP contribution in [0.1, 0.15) is 19.3 Å². The van der Waals surface area contributed by atoms with Crippen LogP contribution in [0.25, 0.3) is 22.3 Å². The number of nitriles is 1. The third kappa shape index (κ3) is 3.47. The second-order valence-electron chi connectivity index (χ2n) is 6.66. The van der Waals surface area contributed by atoms with Crippen molar-refractivity contribution in [2.24, 2.45) is 0 Å². The Bertz CT molecular complexity index is 991. The molecule has 0 spiro atoms. The van der Waals surface area contributed by atoms with Gasteiger partial charge in [-0.15, -0.1) is 0 Å². The van der Waals surface area contributed by atoms with Gasteiger partial charge in [0.1, 0.15) is 12.1 Å². The molecule has 3 aromatic rings. The second kappa shape index (κ2) is 7.46. The number of amides is 1. The van der Waals surface area contributed by atoms with E-state index in [9.17, 15) is 4.79 Å². The monoisotopic (exact) mass is 360 g/mol. The molecular weight excluding hydrogens is 340 g/mol. The topological polar surface area (TPSA) is 97.7 Å². The Morgan fingerprint density at radius 2 is 2.30 bits per heavy atom.